The standard InChI is InChI=1S/C24H21N3O3/c1-3-13-27-23(29)19(14-25)16(2)20(24(27)30)15-26-21-12-8-7-11-18(21)22(28)17-9-5-4-6-10-17/h4-12,15,30H,3,13H2,1-2H3. The van der Waals surface area contributed by atoms with Crippen LogP contribution in [0.25, 0.3) is 0 Å². The van der Waals surface area contributed by atoms with Crippen molar-refractivity contribution in [2.24, 2.45) is 4.99 Å². The SMILES string of the molecule is CCCn1c(O)c(C=Nc2ccccc2C(=O)c2ccccc2)c(C)c(C#N)c1=O. The first-order chi connectivity index (χ1) is 14.5. The van der Waals surface area contributed by atoms with Crippen LogP contribution in [0.4, 0.5) is 5.69 Å². The molecule has 1 aromatic heterocycles. The zero-order valence-corrected chi connectivity index (χ0v) is 16.8. The molecule has 0 fully saturated rings. The van der Waals surface area contributed by atoms with E-state index in [1.165, 1.54) is 10.8 Å². The first-order valence-electron chi connectivity index (χ1n) is 9.58. The summed E-state index contributed by atoms with van der Waals surface area (Å²) in [6.45, 7) is 3.75. The molecule has 6 heteroatoms. The number of carbonyl (C=O) groups excluding carboxylic acids is 1. The fourth-order valence-corrected chi connectivity index (χ4v) is 3.21. The van der Waals surface area contributed by atoms with Crippen LogP contribution in [0.5, 0.6) is 5.88 Å². The highest BCUT2D eigenvalue weighted by atomic mass is 16.3. The maximum atomic E-state index is 12.9. The molecule has 150 valence electrons. The lowest BCUT2D eigenvalue weighted by atomic mass is 10.0. The predicted octanol–water partition coefficient (Wildman–Crippen LogP) is 4.13. The van der Waals surface area contributed by atoms with E-state index in [4.69, 9.17) is 0 Å². The molecule has 6 nitrogen and oxygen atoms in total. The summed E-state index contributed by atoms with van der Waals surface area (Å²) in [6, 6.07) is 17.7. The summed E-state index contributed by atoms with van der Waals surface area (Å²) in [5.74, 6) is -0.410. The Kier molecular flexibility index (Phi) is 6.23. The van der Waals surface area contributed by atoms with Crippen LogP contribution in [0.2, 0.25) is 0 Å². The third-order valence-electron chi connectivity index (χ3n) is 4.81. The van der Waals surface area contributed by atoms with E-state index in [-0.39, 0.29) is 29.3 Å². The fourth-order valence-electron chi connectivity index (χ4n) is 3.21. The molecule has 0 aliphatic carbocycles. The molecule has 0 aliphatic rings. The van der Waals surface area contributed by atoms with Crippen LogP contribution in [0, 0.1) is 18.3 Å². The fraction of sp³-hybridized carbons (Fsp3) is 0.167. The van der Waals surface area contributed by atoms with Crippen molar-refractivity contribution in [3.63, 3.8) is 0 Å². The van der Waals surface area contributed by atoms with Crippen LogP contribution in [-0.4, -0.2) is 21.7 Å². The first-order valence-corrected chi connectivity index (χ1v) is 9.58. The molecular formula is C24H21N3O3. The number of hydrogen-bond acceptors (Lipinski definition) is 5. The van der Waals surface area contributed by atoms with Crippen molar-refractivity contribution in [2.45, 2.75) is 26.8 Å². The van der Waals surface area contributed by atoms with Crippen LogP contribution >= 0.6 is 0 Å². The molecule has 30 heavy (non-hydrogen) atoms. The van der Waals surface area contributed by atoms with Gasteiger partial charge in [-0.3, -0.25) is 19.1 Å². The highest BCUT2D eigenvalue weighted by Gasteiger charge is 2.18. The Morgan fingerprint density at radius 3 is 2.50 bits per heavy atom. The molecule has 3 rings (SSSR count). The third-order valence-corrected chi connectivity index (χ3v) is 4.81. The summed E-state index contributed by atoms with van der Waals surface area (Å²) >= 11 is 0. The van der Waals surface area contributed by atoms with Gasteiger partial charge in [0.15, 0.2) is 5.78 Å². The minimum atomic E-state index is -0.522. The second-order valence-corrected chi connectivity index (χ2v) is 6.78. The van der Waals surface area contributed by atoms with E-state index in [0.717, 1.165) is 0 Å². The molecule has 0 radical (unpaired) electrons. The minimum absolute atomic E-state index is 0.0312. The van der Waals surface area contributed by atoms with Crippen molar-refractivity contribution in [1.82, 2.24) is 4.57 Å². The summed E-state index contributed by atoms with van der Waals surface area (Å²) in [6.07, 6.45) is 2.01. The molecule has 0 saturated carbocycles. The van der Waals surface area contributed by atoms with Gasteiger partial charge in [0, 0.05) is 23.9 Å². The summed E-state index contributed by atoms with van der Waals surface area (Å²) in [4.78, 5) is 29.8. The van der Waals surface area contributed by atoms with Crippen LogP contribution in [-0.2, 0) is 6.54 Å². The number of nitrogens with zero attached hydrogens (tertiary/aromatic N) is 3. The van der Waals surface area contributed by atoms with Crippen molar-refractivity contribution in [2.75, 3.05) is 0 Å². The van der Waals surface area contributed by atoms with Crippen molar-refractivity contribution in [3.8, 4) is 11.9 Å². The molecule has 2 aromatic carbocycles. The summed E-state index contributed by atoms with van der Waals surface area (Å²) in [5, 5.41) is 20.0. The van der Waals surface area contributed by atoms with E-state index >= 15 is 0 Å². The Bertz CT molecular complexity index is 1220. The van der Waals surface area contributed by atoms with Gasteiger partial charge in [-0.2, -0.15) is 5.26 Å². The van der Waals surface area contributed by atoms with Crippen LogP contribution in [0.15, 0.2) is 64.4 Å². The third kappa shape index (κ3) is 3.91. The highest BCUT2D eigenvalue weighted by Crippen LogP contribution is 2.25. The number of para-hydroxylation sites is 1. The van der Waals surface area contributed by atoms with E-state index in [0.29, 0.717) is 28.8 Å². The number of carbonyl (C=O) groups is 1. The maximum absolute atomic E-state index is 12.9. The van der Waals surface area contributed by atoms with Crippen LogP contribution in [0.3, 0.4) is 0 Å². The second-order valence-electron chi connectivity index (χ2n) is 6.78. The second kappa shape index (κ2) is 9.01. The Labute approximate surface area is 174 Å². The lowest BCUT2D eigenvalue weighted by molar-refractivity contribution is 0.103. The van der Waals surface area contributed by atoms with E-state index < -0.39 is 5.56 Å². The molecule has 1 N–H and O–H groups in total. The zero-order chi connectivity index (χ0) is 21.7. The molecule has 3 aromatic rings. The Morgan fingerprint density at radius 1 is 1.17 bits per heavy atom. The first kappa shape index (κ1) is 20.7. The van der Waals surface area contributed by atoms with Crippen molar-refractivity contribution < 1.29 is 9.90 Å². The molecule has 0 aliphatic heterocycles. The number of hydrogen-bond donors (Lipinski definition) is 1. The largest absolute Gasteiger partial charge is 0.494 e. The van der Waals surface area contributed by atoms with Gasteiger partial charge in [-0.25, -0.2) is 0 Å². The van der Waals surface area contributed by atoms with Gasteiger partial charge in [0.2, 0.25) is 5.88 Å². The lowest BCUT2D eigenvalue weighted by Gasteiger charge is -2.13. The summed E-state index contributed by atoms with van der Waals surface area (Å²) in [5.41, 5.74) is 1.46. The highest BCUT2D eigenvalue weighted by molar-refractivity contribution is 6.12. The van der Waals surface area contributed by atoms with Gasteiger partial charge >= 0.3 is 0 Å². The average Bonchev–Trinajstić information content (AvgIpc) is 2.77. The van der Waals surface area contributed by atoms with Gasteiger partial charge in [0.1, 0.15) is 11.6 Å². The van der Waals surface area contributed by atoms with Gasteiger partial charge in [-0.1, -0.05) is 49.4 Å². The zero-order valence-electron chi connectivity index (χ0n) is 16.8. The molecular weight excluding hydrogens is 378 g/mol. The van der Waals surface area contributed by atoms with E-state index in [1.54, 1.807) is 55.5 Å². The molecule has 0 saturated heterocycles. The number of nitriles is 1. The smallest absolute Gasteiger partial charge is 0.271 e. The quantitative estimate of drug-likeness (QED) is 0.498. The van der Waals surface area contributed by atoms with Gasteiger partial charge in [-0.15, -0.1) is 0 Å². The van der Waals surface area contributed by atoms with E-state index in [9.17, 15) is 20.0 Å². The number of benzene rings is 2. The average molecular weight is 399 g/mol. The Morgan fingerprint density at radius 2 is 1.83 bits per heavy atom. The van der Waals surface area contributed by atoms with Gasteiger partial charge in [-0.05, 0) is 31.0 Å². The predicted molar refractivity (Wildman–Crippen MR) is 116 cm³/mol. The summed E-state index contributed by atoms with van der Waals surface area (Å²) < 4.78 is 1.17. The Hall–Kier alpha value is -3.98. The number of aromatic hydroxyl groups is 1. The molecule has 0 unspecified atom stereocenters. The molecule has 0 atom stereocenters. The summed E-state index contributed by atoms with van der Waals surface area (Å²) in [7, 11) is 0. The maximum Gasteiger partial charge on any atom is 0.271 e. The molecule has 0 bridgehead atoms. The van der Waals surface area contributed by atoms with Crippen molar-refractivity contribution >= 4 is 17.7 Å². The van der Waals surface area contributed by atoms with Crippen LogP contribution < -0.4 is 5.56 Å². The van der Waals surface area contributed by atoms with E-state index in [2.05, 4.69) is 4.99 Å². The Balaban J connectivity index is 2.10. The normalized spacial score (nSPS) is 10.8. The van der Waals surface area contributed by atoms with Gasteiger partial charge < -0.3 is 5.11 Å². The minimum Gasteiger partial charge on any atom is -0.494 e. The van der Waals surface area contributed by atoms with Crippen molar-refractivity contribution in [1.29, 1.82) is 5.26 Å². The van der Waals surface area contributed by atoms with E-state index in [1.807, 2.05) is 19.1 Å². The topological polar surface area (TPSA) is 95.4 Å². The molecule has 0 amide bonds. The monoisotopic (exact) mass is 399 g/mol. The van der Waals surface area contributed by atoms with Gasteiger partial charge in [0.05, 0.1) is 11.3 Å². The number of aliphatic imine (C=N–C) groups is 1. The van der Waals surface area contributed by atoms with Crippen LogP contribution in [0.1, 0.15) is 46.0 Å². The molecule has 1 heterocycles. The van der Waals surface area contributed by atoms with Crippen molar-refractivity contribution in [3.05, 3.63) is 92.8 Å². The van der Waals surface area contributed by atoms with Gasteiger partial charge in [0.25, 0.3) is 5.56 Å². The number of pyridine rings is 1. The molecule has 0 spiro atoms. The lowest BCUT2D eigenvalue weighted by Crippen LogP contribution is -2.25. The number of ketones is 1. The number of rotatable bonds is 6. The number of aromatic nitrogens is 1.